The van der Waals surface area contributed by atoms with Crippen molar-refractivity contribution in [2.24, 2.45) is 5.73 Å². The third-order valence-electron chi connectivity index (χ3n) is 2.97. The lowest BCUT2D eigenvalue weighted by Crippen LogP contribution is -2.09. The Morgan fingerprint density at radius 3 is 2.61 bits per heavy atom. The SMILES string of the molecule is CCCCCCCOc1cc(F)ccc1[C@H](C)N. The molecule has 1 aromatic rings. The molecule has 0 unspecified atom stereocenters. The first-order chi connectivity index (χ1) is 8.65. The maximum absolute atomic E-state index is 13.2. The van der Waals surface area contributed by atoms with Gasteiger partial charge in [0.25, 0.3) is 0 Å². The third-order valence-corrected chi connectivity index (χ3v) is 2.97. The van der Waals surface area contributed by atoms with Crippen LogP contribution in [0.5, 0.6) is 5.75 Å². The average Bonchev–Trinajstić information content (AvgIpc) is 2.33. The highest BCUT2D eigenvalue weighted by Gasteiger charge is 2.09. The number of nitrogens with two attached hydrogens (primary N) is 1. The first-order valence-corrected chi connectivity index (χ1v) is 6.83. The molecule has 1 rings (SSSR count). The molecule has 0 spiro atoms. The lowest BCUT2D eigenvalue weighted by Gasteiger charge is -2.14. The molecule has 0 radical (unpaired) electrons. The molecule has 0 aliphatic heterocycles. The molecule has 0 heterocycles. The molecule has 0 bridgehead atoms. The fraction of sp³-hybridized carbons (Fsp3) is 0.600. The minimum Gasteiger partial charge on any atom is -0.493 e. The van der Waals surface area contributed by atoms with Gasteiger partial charge in [-0.05, 0) is 19.4 Å². The van der Waals surface area contributed by atoms with Crippen LogP contribution in [0.4, 0.5) is 4.39 Å². The second-order valence-electron chi connectivity index (χ2n) is 4.73. The average molecular weight is 253 g/mol. The zero-order valence-corrected chi connectivity index (χ0v) is 11.4. The summed E-state index contributed by atoms with van der Waals surface area (Å²) < 4.78 is 18.8. The predicted molar refractivity (Wildman–Crippen MR) is 73.3 cm³/mol. The van der Waals surface area contributed by atoms with Gasteiger partial charge in [-0.25, -0.2) is 4.39 Å². The Balaban J connectivity index is 2.43. The number of halogens is 1. The van der Waals surface area contributed by atoms with E-state index < -0.39 is 0 Å². The van der Waals surface area contributed by atoms with Gasteiger partial charge in [0.1, 0.15) is 11.6 Å². The van der Waals surface area contributed by atoms with E-state index in [2.05, 4.69) is 6.92 Å². The number of hydrogen-bond donors (Lipinski definition) is 1. The van der Waals surface area contributed by atoms with Crippen LogP contribution in [0.2, 0.25) is 0 Å². The summed E-state index contributed by atoms with van der Waals surface area (Å²) in [5.41, 5.74) is 6.70. The van der Waals surface area contributed by atoms with Crippen LogP contribution in [0.1, 0.15) is 57.6 Å². The smallest absolute Gasteiger partial charge is 0.126 e. The molecule has 0 fully saturated rings. The van der Waals surface area contributed by atoms with Crippen LogP contribution in [0, 0.1) is 5.82 Å². The third kappa shape index (κ3) is 5.05. The molecular formula is C15H24FNO. The van der Waals surface area contributed by atoms with Crippen molar-refractivity contribution in [3.8, 4) is 5.75 Å². The van der Waals surface area contributed by atoms with Crippen LogP contribution in [-0.2, 0) is 0 Å². The van der Waals surface area contributed by atoms with Gasteiger partial charge in [0, 0.05) is 17.7 Å². The summed E-state index contributed by atoms with van der Waals surface area (Å²) in [6.07, 6.45) is 5.92. The molecule has 2 N–H and O–H groups in total. The summed E-state index contributed by atoms with van der Waals surface area (Å²) in [5.74, 6) is 0.306. The Morgan fingerprint density at radius 1 is 1.22 bits per heavy atom. The summed E-state index contributed by atoms with van der Waals surface area (Å²) in [7, 11) is 0. The maximum Gasteiger partial charge on any atom is 0.126 e. The normalized spacial score (nSPS) is 12.4. The highest BCUT2D eigenvalue weighted by Crippen LogP contribution is 2.25. The van der Waals surface area contributed by atoms with Crippen LogP contribution < -0.4 is 10.5 Å². The zero-order valence-electron chi connectivity index (χ0n) is 11.4. The first kappa shape index (κ1) is 15.0. The molecule has 0 aliphatic rings. The predicted octanol–water partition coefficient (Wildman–Crippen LogP) is 4.19. The summed E-state index contributed by atoms with van der Waals surface area (Å²) in [6.45, 7) is 4.70. The second-order valence-corrected chi connectivity index (χ2v) is 4.73. The molecule has 0 amide bonds. The van der Waals surface area contributed by atoms with Gasteiger partial charge in [0.15, 0.2) is 0 Å². The first-order valence-electron chi connectivity index (χ1n) is 6.83. The summed E-state index contributed by atoms with van der Waals surface area (Å²) in [4.78, 5) is 0. The van der Waals surface area contributed by atoms with Gasteiger partial charge >= 0.3 is 0 Å². The van der Waals surface area contributed by atoms with Gasteiger partial charge in [0.05, 0.1) is 6.61 Å². The lowest BCUT2D eigenvalue weighted by molar-refractivity contribution is 0.299. The molecule has 18 heavy (non-hydrogen) atoms. The highest BCUT2D eigenvalue weighted by atomic mass is 19.1. The fourth-order valence-electron chi connectivity index (χ4n) is 1.90. The van der Waals surface area contributed by atoms with E-state index in [1.165, 1.54) is 31.4 Å². The number of rotatable bonds is 8. The number of ether oxygens (including phenoxy) is 1. The lowest BCUT2D eigenvalue weighted by atomic mass is 10.1. The summed E-state index contributed by atoms with van der Waals surface area (Å²) >= 11 is 0. The molecule has 0 aliphatic carbocycles. The molecule has 1 aromatic carbocycles. The van der Waals surface area contributed by atoms with Gasteiger partial charge in [-0.2, -0.15) is 0 Å². The van der Waals surface area contributed by atoms with Gasteiger partial charge in [-0.15, -0.1) is 0 Å². The van der Waals surface area contributed by atoms with Crippen molar-refractivity contribution in [1.29, 1.82) is 0 Å². The second kappa shape index (κ2) is 8.09. The van der Waals surface area contributed by atoms with E-state index >= 15 is 0 Å². The van der Waals surface area contributed by atoms with Crippen molar-refractivity contribution >= 4 is 0 Å². The van der Waals surface area contributed by atoms with Crippen molar-refractivity contribution in [1.82, 2.24) is 0 Å². The van der Waals surface area contributed by atoms with Gasteiger partial charge in [0.2, 0.25) is 0 Å². The molecule has 0 aromatic heterocycles. The molecule has 0 saturated carbocycles. The van der Waals surface area contributed by atoms with Crippen molar-refractivity contribution in [3.05, 3.63) is 29.6 Å². The minimum absolute atomic E-state index is 0.138. The van der Waals surface area contributed by atoms with Crippen LogP contribution >= 0.6 is 0 Å². The zero-order chi connectivity index (χ0) is 13.4. The molecule has 2 nitrogen and oxygen atoms in total. The Hall–Kier alpha value is -1.09. The summed E-state index contributed by atoms with van der Waals surface area (Å²) in [5, 5.41) is 0. The van der Waals surface area contributed by atoms with E-state index in [-0.39, 0.29) is 11.9 Å². The minimum atomic E-state index is -0.277. The number of unbranched alkanes of at least 4 members (excludes halogenated alkanes) is 4. The van der Waals surface area contributed by atoms with Crippen LogP contribution in [0.25, 0.3) is 0 Å². The Labute approximate surface area is 109 Å². The topological polar surface area (TPSA) is 35.2 Å². The van der Waals surface area contributed by atoms with E-state index in [0.29, 0.717) is 12.4 Å². The van der Waals surface area contributed by atoms with Crippen LogP contribution in [0.15, 0.2) is 18.2 Å². The van der Waals surface area contributed by atoms with E-state index in [4.69, 9.17) is 10.5 Å². The van der Waals surface area contributed by atoms with E-state index in [9.17, 15) is 4.39 Å². The standard InChI is InChI=1S/C15H24FNO/c1-3-4-5-6-7-10-18-15-11-13(16)8-9-14(15)12(2)17/h8-9,11-12H,3-7,10,17H2,1-2H3/t12-/m0/s1. The molecule has 1 atom stereocenters. The van der Waals surface area contributed by atoms with E-state index in [1.807, 2.05) is 6.92 Å². The molecule has 102 valence electrons. The molecular weight excluding hydrogens is 229 g/mol. The number of benzene rings is 1. The van der Waals surface area contributed by atoms with Gasteiger partial charge in [-0.3, -0.25) is 0 Å². The van der Waals surface area contributed by atoms with E-state index in [0.717, 1.165) is 18.4 Å². The van der Waals surface area contributed by atoms with Gasteiger partial charge < -0.3 is 10.5 Å². The van der Waals surface area contributed by atoms with Crippen molar-refractivity contribution < 1.29 is 9.13 Å². The fourth-order valence-corrected chi connectivity index (χ4v) is 1.90. The largest absolute Gasteiger partial charge is 0.493 e. The Bertz CT molecular complexity index is 352. The highest BCUT2D eigenvalue weighted by molar-refractivity contribution is 5.36. The van der Waals surface area contributed by atoms with Crippen molar-refractivity contribution in [3.63, 3.8) is 0 Å². The van der Waals surface area contributed by atoms with Crippen molar-refractivity contribution in [2.45, 2.75) is 52.0 Å². The van der Waals surface area contributed by atoms with Crippen molar-refractivity contribution in [2.75, 3.05) is 6.61 Å². The Kier molecular flexibility index (Phi) is 6.73. The van der Waals surface area contributed by atoms with E-state index in [1.54, 1.807) is 6.07 Å². The van der Waals surface area contributed by atoms with Crippen LogP contribution in [0.3, 0.4) is 0 Å². The monoisotopic (exact) mass is 253 g/mol. The number of hydrogen-bond acceptors (Lipinski definition) is 2. The quantitative estimate of drug-likeness (QED) is 0.705. The van der Waals surface area contributed by atoms with Gasteiger partial charge in [-0.1, -0.05) is 38.7 Å². The molecule has 0 saturated heterocycles. The molecule has 3 heteroatoms. The summed E-state index contributed by atoms with van der Waals surface area (Å²) in [6, 6.07) is 4.41. The maximum atomic E-state index is 13.2. The van der Waals surface area contributed by atoms with Crippen LogP contribution in [-0.4, -0.2) is 6.61 Å². The Morgan fingerprint density at radius 2 is 1.94 bits per heavy atom.